The molecule has 0 fully saturated rings. The molecule has 0 unspecified atom stereocenters. The van der Waals surface area contributed by atoms with Crippen molar-refractivity contribution in [3.8, 4) is 22.5 Å². The Hall–Kier alpha value is -4.71. The van der Waals surface area contributed by atoms with Crippen molar-refractivity contribution in [1.29, 1.82) is 0 Å². The zero-order valence-electron chi connectivity index (χ0n) is 28.4. The van der Waals surface area contributed by atoms with E-state index in [0.717, 1.165) is 53.7 Å². The van der Waals surface area contributed by atoms with Gasteiger partial charge in [0.15, 0.2) is 5.11 Å². The molecule has 2 aliphatic rings. The second-order valence-electron chi connectivity index (χ2n) is 10.8. The molecule has 0 amide bonds. The third kappa shape index (κ3) is 7.87. The van der Waals surface area contributed by atoms with Crippen LogP contribution in [0.25, 0.3) is 33.4 Å². The molecule has 9 nitrogen and oxygen atoms in total. The van der Waals surface area contributed by atoms with Crippen LogP contribution in [0.1, 0.15) is 51.9 Å². The van der Waals surface area contributed by atoms with E-state index >= 15 is 0 Å². The van der Waals surface area contributed by atoms with Crippen LogP contribution in [-0.4, -0.2) is 59.5 Å². The van der Waals surface area contributed by atoms with Crippen molar-refractivity contribution in [3.63, 3.8) is 0 Å². The van der Waals surface area contributed by atoms with Crippen LogP contribution in [0.5, 0.6) is 0 Å². The van der Waals surface area contributed by atoms with Gasteiger partial charge in [0.1, 0.15) is 24.4 Å². The Bertz CT molecular complexity index is 1950. The van der Waals surface area contributed by atoms with Crippen molar-refractivity contribution in [2.75, 3.05) is 41.7 Å². The smallest absolute Gasteiger partial charge is 0.478 e. The fourth-order valence-electron chi connectivity index (χ4n) is 5.81. The highest BCUT2D eigenvalue weighted by atomic mass is 32.1. The molecule has 3 aromatic rings. The first-order chi connectivity index (χ1) is 23.2. The number of rotatable bonds is 10. The van der Waals surface area contributed by atoms with Gasteiger partial charge in [-0.25, -0.2) is 9.37 Å². The summed E-state index contributed by atoms with van der Waals surface area (Å²) in [5.74, 6) is -0.398. The molecule has 5 rings (SSSR count). The number of carbonyl (C=O) groups is 1. The van der Waals surface area contributed by atoms with Crippen LogP contribution in [0.3, 0.4) is 0 Å². The minimum Gasteiger partial charge on any atom is -0.478 e. The lowest BCUT2D eigenvalue weighted by molar-refractivity contribution is 0.0697. The molecule has 48 heavy (non-hydrogen) atoms. The van der Waals surface area contributed by atoms with E-state index in [-0.39, 0.29) is 10.7 Å². The number of carboxylic acid groups (broad SMARTS) is 1. The van der Waals surface area contributed by atoms with Crippen LogP contribution >= 0.6 is 12.2 Å². The van der Waals surface area contributed by atoms with Crippen molar-refractivity contribution in [3.05, 3.63) is 89.8 Å². The average molecular weight is 668 g/mol. The molecule has 11 heteroatoms. The van der Waals surface area contributed by atoms with Crippen LogP contribution in [-0.2, 0) is 0 Å². The average Bonchev–Trinajstić information content (AvgIpc) is 3.09. The first-order valence-corrected chi connectivity index (χ1v) is 16.8. The summed E-state index contributed by atoms with van der Waals surface area (Å²) >= 11 is 5.56. The maximum Gasteiger partial charge on any atom is 0.488 e. The zero-order valence-corrected chi connectivity index (χ0v) is 29.2. The van der Waals surface area contributed by atoms with E-state index in [4.69, 9.17) is 16.6 Å². The molecule has 1 aliphatic heterocycles. The standard InChI is InChI=1S/C35H37BN4O5S.C2H6/c1-5-39(6-2)25-13-16-28-31(20-25)45-32-21-26(40(7-3)8-4)14-17-29(32)33(28)30-19-24(12-15-27(30)34(41)42)38-35(46)37-23-11-9-10-22(18-23)36(43)44;1-2/h9-21,43-44H,5-8H2,1-4H3,(H2-,37,38,41,42,46);1-2H3/p+1. The normalized spacial score (nSPS) is 10.7. The maximum absolute atomic E-state index is 12.6. The molecule has 1 aliphatic carbocycles. The molecule has 3 aromatic carbocycles. The fraction of sp³-hybridized carbons (Fsp3) is 0.270. The van der Waals surface area contributed by atoms with Gasteiger partial charge in [-0.15, -0.1) is 0 Å². The van der Waals surface area contributed by atoms with Crippen molar-refractivity contribution in [2.45, 2.75) is 41.5 Å². The van der Waals surface area contributed by atoms with Gasteiger partial charge in [-0.2, -0.15) is 0 Å². The summed E-state index contributed by atoms with van der Waals surface area (Å²) in [6, 6.07) is 23.8. The van der Waals surface area contributed by atoms with Crippen molar-refractivity contribution in [2.24, 2.45) is 0 Å². The van der Waals surface area contributed by atoms with Crippen LogP contribution in [0.15, 0.2) is 83.3 Å². The SMILES string of the molecule is CC.CCN(CC)c1ccc2c(-c3cc(NC(=S)Nc4cccc(B(O)O)c4)ccc3C(=O)O)c3ccc(=[N+](CC)CC)cc-3oc2c1. The third-order valence-corrected chi connectivity index (χ3v) is 8.37. The quantitative estimate of drug-likeness (QED) is 0.0523. The number of nitrogens with zero attached hydrogens (tertiary/aromatic N) is 2. The molecule has 5 N–H and O–H groups in total. The highest BCUT2D eigenvalue weighted by Gasteiger charge is 2.23. The first kappa shape index (κ1) is 36.1. The Morgan fingerprint density at radius 1 is 0.854 bits per heavy atom. The first-order valence-electron chi connectivity index (χ1n) is 16.4. The Morgan fingerprint density at radius 3 is 2.17 bits per heavy atom. The van der Waals surface area contributed by atoms with Gasteiger partial charge < -0.3 is 35.1 Å². The summed E-state index contributed by atoms with van der Waals surface area (Å²) < 4.78 is 8.81. The summed E-state index contributed by atoms with van der Waals surface area (Å²) in [7, 11) is -1.61. The minimum absolute atomic E-state index is 0.142. The number of fused-ring (bicyclic) bond motifs is 2. The molecule has 0 atom stereocenters. The molecule has 0 aromatic heterocycles. The Kier molecular flexibility index (Phi) is 12.4. The number of hydrogen-bond donors (Lipinski definition) is 5. The predicted octanol–water partition coefficient (Wildman–Crippen LogP) is 6.08. The fourth-order valence-corrected chi connectivity index (χ4v) is 6.05. The van der Waals surface area contributed by atoms with Gasteiger partial charge in [0.05, 0.1) is 11.6 Å². The number of aromatic carboxylic acids is 1. The Balaban J connectivity index is 0.00000255. The summed E-state index contributed by atoms with van der Waals surface area (Å²) in [6.45, 7) is 15.8. The highest BCUT2D eigenvalue weighted by Crippen LogP contribution is 2.43. The second-order valence-corrected chi connectivity index (χ2v) is 11.2. The highest BCUT2D eigenvalue weighted by molar-refractivity contribution is 7.80. The number of carboxylic acids is 1. The van der Waals surface area contributed by atoms with E-state index in [1.54, 1.807) is 42.5 Å². The molecule has 0 saturated heterocycles. The molecule has 1 heterocycles. The van der Waals surface area contributed by atoms with Gasteiger partial charge in [0.25, 0.3) is 0 Å². The van der Waals surface area contributed by atoms with E-state index in [0.29, 0.717) is 33.7 Å². The molecule has 0 radical (unpaired) electrons. The maximum atomic E-state index is 12.6. The second kappa shape index (κ2) is 16.4. The minimum atomic E-state index is -1.61. The molecular formula is C37H44BN4O5S+. The lowest BCUT2D eigenvalue weighted by Crippen LogP contribution is -2.30. The molecule has 0 spiro atoms. The summed E-state index contributed by atoms with van der Waals surface area (Å²) in [5.41, 5.74) is 5.35. The van der Waals surface area contributed by atoms with Gasteiger partial charge in [-0.1, -0.05) is 26.0 Å². The molecule has 0 bridgehead atoms. The van der Waals surface area contributed by atoms with Gasteiger partial charge in [0, 0.05) is 58.8 Å². The van der Waals surface area contributed by atoms with Crippen LogP contribution in [0.2, 0.25) is 0 Å². The van der Waals surface area contributed by atoms with E-state index in [2.05, 4.69) is 47.8 Å². The Morgan fingerprint density at radius 2 is 1.54 bits per heavy atom. The van der Waals surface area contributed by atoms with E-state index in [9.17, 15) is 19.9 Å². The summed E-state index contributed by atoms with van der Waals surface area (Å²) in [5, 5.41) is 37.7. The molecular weight excluding hydrogens is 623 g/mol. The van der Waals surface area contributed by atoms with Gasteiger partial charge in [-0.3, -0.25) is 0 Å². The van der Waals surface area contributed by atoms with E-state index < -0.39 is 13.1 Å². The van der Waals surface area contributed by atoms with Crippen LogP contribution in [0, 0.1) is 0 Å². The summed E-state index contributed by atoms with van der Waals surface area (Å²) in [6.07, 6.45) is 0. The summed E-state index contributed by atoms with van der Waals surface area (Å²) in [4.78, 5) is 14.9. The van der Waals surface area contributed by atoms with Gasteiger partial charge in [0.2, 0.25) is 5.36 Å². The van der Waals surface area contributed by atoms with Crippen LogP contribution in [0.4, 0.5) is 17.1 Å². The molecule has 0 saturated carbocycles. The topological polar surface area (TPSA) is 121 Å². The number of thiocarbonyl (C=S) groups is 1. The number of nitrogens with one attached hydrogen (secondary N) is 2. The molecule has 250 valence electrons. The monoisotopic (exact) mass is 667 g/mol. The Labute approximate surface area is 287 Å². The lowest BCUT2D eigenvalue weighted by Gasteiger charge is -2.23. The lowest BCUT2D eigenvalue weighted by atomic mass is 9.80. The van der Waals surface area contributed by atoms with E-state index in [1.807, 2.05) is 50.2 Å². The van der Waals surface area contributed by atoms with Crippen molar-refractivity contribution in [1.82, 2.24) is 4.58 Å². The van der Waals surface area contributed by atoms with E-state index in [1.165, 1.54) is 0 Å². The number of hydrogen-bond acceptors (Lipinski definition) is 6. The third-order valence-electron chi connectivity index (χ3n) is 8.17. The van der Waals surface area contributed by atoms with Gasteiger partial charge >= 0.3 is 13.1 Å². The van der Waals surface area contributed by atoms with Crippen molar-refractivity contribution < 1.29 is 24.4 Å². The number of benzene rings is 4. The zero-order chi connectivity index (χ0) is 35.0. The van der Waals surface area contributed by atoms with Crippen molar-refractivity contribution >= 4 is 63.9 Å². The van der Waals surface area contributed by atoms with Crippen LogP contribution < -0.4 is 30.9 Å². The predicted molar refractivity (Wildman–Crippen MR) is 203 cm³/mol. The number of anilines is 3. The van der Waals surface area contributed by atoms with Gasteiger partial charge in [-0.05, 0) is 99.5 Å². The largest absolute Gasteiger partial charge is 0.488 e.